The second-order valence-electron chi connectivity index (χ2n) is 12.7. The van der Waals surface area contributed by atoms with Crippen molar-refractivity contribution in [2.45, 2.75) is 109 Å². The number of cyclic esters (lactones) is 1. The highest BCUT2D eigenvalue weighted by molar-refractivity contribution is 7.89. The lowest BCUT2D eigenvalue weighted by atomic mass is 9.73. The average Bonchev–Trinajstić information content (AvgIpc) is 3.19. The van der Waals surface area contributed by atoms with Gasteiger partial charge in [0, 0.05) is 43.0 Å². The van der Waals surface area contributed by atoms with Crippen molar-refractivity contribution < 1.29 is 33.0 Å². The second kappa shape index (κ2) is 12.9. The van der Waals surface area contributed by atoms with Crippen LogP contribution in [0.15, 0.2) is 28.5 Å². The third-order valence-electron chi connectivity index (χ3n) is 8.98. The van der Waals surface area contributed by atoms with Crippen LogP contribution in [0.1, 0.15) is 77.4 Å². The number of esters is 1. The van der Waals surface area contributed by atoms with Gasteiger partial charge in [-0.2, -0.15) is 4.31 Å². The summed E-state index contributed by atoms with van der Waals surface area (Å²) in [5.74, 6) is -2.04. The van der Waals surface area contributed by atoms with Gasteiger partial charge in [0.15, 0.2) is 5.03 Å². The summed E-state index contributed by atoms with van der Waals surface area (Å²) in [7, 11) is -2.21. The zero-order valence-electron chi connectivity index (χ0n) is 25.9. The molecule has 2 saturated heterocycles. The Hall–Kier alpha value is -2.45. The molecule has 0 saturated carbocycles. The normalized spacial score (nSPS) is 33.1. The maximum absolute atomic E-state index is 13.7. The Morgan fingerprint density at radius 1 is 1.19 bits per heavy atom. The molecular weight excluding hydrogens is 592 g/mol. The number of sulfonamides is 1. The number of nitrogens with zero attached hydrogens (tertiary/aromatic N) is 4. The molecular formula is C30H44N4O7S2. The highest BCUT2D eigenvalue weighted by atomic mass is 32.2. The minimum absolute atomic E-state index is 0.0476. The molecule has 2 fully saturated rings. The number of fused-ring (bicyclic) bond motifs is 1. The number of aryl methyl sites for hydroxylation is 2. The van der Waals surface area contributed by atoms with Gasteiger partial charge in [-0.25, -0.2) is 18.4 Å². The molecule has 238 valence electrons. The Labute approximate surface area is 258 Å². The van der Waals surface area contributed by atoms with Crippen LogP contribution < -0.4 is 0 Å². The van der Waals surface area contributed by atoms with Gasteiger partial charge in [-0.1, -0.05) is 34.1 Å². The van der Waals surface area contributed by atoms with Crippen molar-refractivity contribution in [1.29, 1.82) is 0 Å². The molecule has 2 aromatic heterocycles. The summed E-state index contributed by atoms with van der Waals surface area (Å²) < 4.78 is 36.3. The standard InChI is InChI=1S/C30H44N4O7S2/c1-17-9-8-10-22-23(34(22)43(39,40)26-14-33(7)16-31-26)12-24(18(2)11-21-15-42-20(4)32-21)41-27(36)13-25(35)30(5,6)29(38)19(3)28(17)37/h11,14-17,19,22-25,28,35,37H,8-10,12-13H2,1-7H3/b18-11+/t17?,19-,22?,23+,24?,25?,28+,34?/m1/s1. The van der Waals surface area contributed by atoms with Crippen molar-refractivity contribution in [3.8, 4) is 0 Å². The summed E-state index contributed by atoms with van der Waals surface area (Å²) in [5.41, 5.74) is 0.0988. The van der Waals surface area contributed by atoms with Gasteiger partial charge in [-0.05, 0) is 44.3 Å². The van der Waals surface area contributed by atoms with E-state index in [-0.39, 0.29) is 29.2 Å². The van der Waals surface area contributed by atoms with Crippen LogP contribution in [-0.4, -0.2) is 79.6 Å². The molecule has 2 aromatic rings. The fraction of sp³-hybridized carbons (Fsp3) is 0.667. The predicted octanol–water partition coefficient (Wildman–Crippen LogP) is 3.50. The van der Waals surface area contributed by atoms with Gasteiger partial charge >= 0.3 is 5.97 Å². The Kier molecular flexibility index (Phi) is 10.0. The number of imidazole rings is 1. The van der Waals surface area contributed by atoms with Crippen molar-refractivity contribution in [2.24, 2.45) is 24.3 Å². The summed E-state index contributed by atoms with van der Waals surface area (Å²) in [6.45, 7) is 10.4. The van der Waals surface area contributed by atoms with Crippen LogP contribution >= 0.6 is 11.3 Å². The molecule has 0 aliphatic carbocycles. The van der Waals surface area contributed by atoms with Crippen LogP contribution in [0.25, 0.3) is 6.08 Å². The molecule has 2 aliphatic heterocycles. The first-order valence-electron chi connectivity index (χ1n) is 14.8. The second-order valence-corrected chi connectivity index (χ2v) is 15.6. The molecule has 0 amide bonds. The number of carbonyl (C=O) groups is 2. The Bertz CT molecular complexity index is 1460. The molecule has 11 nitrogen and oxygen atoms in total. The van der Waals surface area contributed by atoms with E-state index in [0.29, 0.717) is 30.5 Å². The van der Waals surface area contributed by atoms with Crippen molar-refractivity contribution in [3.05, 3.63) is 34.2 Å². The van der Waals surface area contributed by atoms with Gasteiger partial charge in [-0.3, -0.25) is 9.59 Å². The van der Waals surface area contributed by atoms with Gasteiger partial charge in [0.25, 0.3) is 10.0 Å². The maximum Gasteiger partial charge on any atom is 0.309 e. The van der Waals surface area contributed by atoms with E-state index in [9.17, 15) is 28.2 Å². The van der Waals surface area contributed by atoms with E-state index in [1.165, 1.54) is 28.2 Å². The first-order valence-corrected chi connectivity index (χ1v) is 17.1. The maximum atomic E-state index is 13.7. The molecule has 43 heavy (non-hydrogen) atoms. The summed E-state index contributed by atoms with van der Waals surface area (Å²) in [5, 5.41) is 24.8. The van der Waals surface area contributed by atoms with Crippen molar-refractivity contribution in [3.63, 3.8) is 0 Å². The minimum Gasteiger partial charge on any atom is -0.458 e. The van der Waals surface area contributed by atoms with Gasteiger partial charge in [0.2, 0.25) is 0 Å². The zero-order chi connectivity index (χ0) is 31.9. The largest absolute Gasteiger partial charge is 0.458 e. The van der Waals surface area contributed by atoms with E-state index in [0.717, 1.165) is 5.01 Å². The highest BCUT2D eigenvalue weighted by Gasteiger charge is 2.56. The van der Waals surface area contributed by atoms with E-state index in [4.69, 9.17) is 4.74 Å². The summed E-state index contributed by atoms with van der Waals surface area (Å²) >= 11 is 1.49. The molecule has 8 atom stereocenters. The lowest BCUT2D eigenvalue weighted by molar-refractivity contribution is -0.154. The molecule has 13 heteroatoms. The Balaban J connectivity index is 1.69. The average molecular weight is 637 g/mol. The number of ether oxygens (including phenoxy) is 1. The smallest absolute Gasteiger partial charge is 0.309 e. The van der Waals surface area contributed by atoms with Crippen LogP contribution in [0, 0.1) is 24.2 Å². The topological polar surface area (TPSA) is 152 Å². The molecule has 5 unspecified atom stereocenters. The van der Waals surface area contributed by atoms with E-state index in [1.807, 2.05) is 32.2 Å². The van der Waals surface area contributed by atoms with E-state index in [1.54, 1.807) is 32.4 Å². The molecule has 0 aromatic carbocycles. The third-order valence-corrected chi connectivity index (χ3v) is 11.6. The molecule has 2 aliphatic rings. The number of aliphatic hydroxyl groups is 2. The molecule has 0 bridgehead atoms. The van der Waals surface area contributed by atoms with Crippen molar-refractivity contribution >= 4 is 39.2 Å². The summed E-state index contributed by atoms with van der Waals surface area (Å²) in [6, 6.07) is -0.788. The first kappa shape index (κ1) is 33.4. The number of ketones is 1. The SMILES string of the molecule is C/C(=C\c1csc(C)n1)C1C[C@H]2C(CCCC(C)[C@H](O)[C@@H](C)C(=O)C(C)(C)C(O)CC(=O)O1)N2S(=O)(=O)c1cn(C)cn1. The lowest BCUT2D eigenvalue weighted by Gasteiger charge is -2.34. The van der Waals surface area contributed by atoms with E-state index in [2.05, 4.69) is 9.97 Å². The predicted molar refractivity (Wildman–Crippen MR) is 162 cm³/mol. The third kappa shape index (κ3) is 7.28. The number of aromatic nitrogens is 3. The number of thiazole rings is 1. The minimum atomic E-state index is -3.91. The van der Waals surface area contributed by atoms with E-state index < -0.39 is 58.1 Å². The Morgan fingerprint density at radius 3 is 2.49 bits per heavy atom. The molecule has 2 N–H and O–H groups in total. The summed E-state index contributed by atoms with van der Waals surface area (Å²) in [4.78, 5) is 35.2. The van der Waals surface area contributed by atoms with Crippen molar-refractivity contribution in [1.82, 2.24) is 18.8 Å². The summed E-state index contributed by atoms with van der Waals surface area (Å²) in [6.07, 6.45) is 3.17. The monoisotopic (exact) mass is 636 g/mol. The Morgan fingerprint density at radius 2 is 1.88 bits per heavy atom. The number of hydrogen-bond donors (Lipinski definition) is 2. The fourth-order valence-electron chi connectivity index (χ4n) is 6.03. The zero-order valence-corrected chi connectivity index (χ0v) is 27.6. The van der Waals surface area contributed by atoms with Gasteiger partial charge in [0.05, 0.1) is 41.1 Å². The lowest BCUT2D eigenvalue weighted by Crippen LogP contribution is -2.45. The number of hydrogen-bond acceptors (Lipinski definition) is 10. The van der Waals surface area contributed by atoms with E-state index >= 15 is 0 Å². The highest BCUT2D eigenvalue weighted by Crippen LogP contribution is 2.43. The van der Waals surface area contributed by atoms with Crippen LogP contribution in [0.3, 0.4) is 0 Å². The van der Waals surface area contributed by atoms with Crippen molar-refractivity contribution in [2.75, 3.05) is 0 Å². The van der Waals surface area contributed by atoms with Crippen LogP contribution in [-0.2, 0) is 31.4 Å². The molecule has 4 heterocycles. The molecule has 4 rings (SSSR count). The molecule has 0 radical (unpaired) electrons. The van der Waals surface area contributed by atoms with Crippen LogP contribution in [0.4, 0.5) is 0 Å². The van der Waals surface area contributed by atoms with Gasteiger partial charge < -0.3 is 19.5 Å². The number of carbonyl (C=O) groups excluding carboxylic acids is 2. The van der Waals surface area contributed by atoms with Gasteiger partial charge in [0.1, 0.15) is 11.9 Å². The quantitative estimate of drug-likeness (QED) is 0.380. The molecule has 0 spiro atoms. The number of aliphatic hydroxyl groups excluding tert-OH is 2. The number of Topliss-reactive ketones (excluding diaryl/α,β-unsaturated/α-hetero) is 1. The fourth-order valence-corrected chi connectivity index (χ4v) is 8.43. The van der Waals surface area contributed by atoms with Crippen LogP contribution in [0.5, 0.6) is 0 Å². The van der Waals surface area contributed by atoms with Crippen LogP contribution in [0.2, 0.25) is 0 Å². The number of rotatable bonds is 4. The first-order chi connectivity index (χ1) is 20.0. The van der Waals surface area contributed by atoms with Gasteiger partial charge in [-0.15, -0.1) is 11.3 Å².